The van der Waals surface area contributed by atoms with Crippen LogP contribution < -0.4 is 19.5 Å². The van der Waals surface area contributed by atoms with E-state index in [0.29, 0.717) is 49.2 Å². The lowest BCUT2D eigenvalue weighted by atomic mass is 10.0. The number of thiophene rings is 1. The Morgan fingerprint density at radius 2 is 1.60 bits per heavy atom. The van der Waals surface area contributed by atoms with Gasteiger partial charge in [0.2, 0.25) is 5.75 Å². The van der Waals surface area contributed by atoms with Gasteiger partial charge in [-0.3, -0.25) is 4.79 Å². The van der Waals surface area contributed by atoms with Crippen molar-refractivity contribution in [1.82, 2.24) is 5.32 Å². The predicted octanol–water partition coefficient (Wildman–Crippen LogP) is 5.54. The van der Waals surface area contributed by atoms with E-state index in [0.717, 1.165) is 16.7 Å². The van der Waals surface area contributed by atoms with Crippen molar-refractivity contribution >= 4 is 17.2 Å². The second-order valence-electron chi connectivity index (χ2n) is 6.45. The van der Waals surface area contributed by atoms with Crippen LogP contribution in [-0.2, 0) is 6.54 Å². The van der Waals surface area contributed by atoms with Crippen LogP contribution in [0.5, 0.6) is 17.2 Å². The fraction of sp³-hybridized carbons (Fsp3) is 0.292. The molecule has 0 saturated carbocycles. The Morgan fingerprint density at radius 3 is 2.20 bits per heavy atom. The van der Waals surface area contributed by atoms with E-state index < -0.39 is 0 Å². The Balaban J connectivity index is 1.83. The van der Waals surface area contributed by atoms with Crippen molar-refractivity contribution in [1.29, 1.82) is 0 Å². The largest absolute Gasteiger partial charge is 0.490 e. The molecule has 0 bridgehead atoms. The maximum absolute atomic E-state index is 12.9. The number of carbonyl (C=O) groups is 1. The fourth-order valence-electron chi connectivity index (χ4n) is 3.17. The summed E-state index contributed by atoms with van der Waals surface area (Å²) >= 11 is 1.66. The topological polar surface area (TPSA) is 56.8 Å². The molecule has 1 aromatic heterocycles. The highest BCUT2D eigenvalue weighted by molar-refractivity contribution is 7.08. The smallest absolute Gasteiger partial charge is 0.251 e. The summed E-state index contributed by atoms with van der Waals surface area (Å²) in [5, 5.41) is 7.18. The highest BCUT2D eigenvalue weighted by atomic mass is 32.1. The summed E-state index contributed by atoms with van der Waals surface area (Å²) in [5.74, 6) is 1.35. The first-order valence-electron chi connectivity index (χ1n) is 10.1. The van der Waals surface area contributed by atoms with E-state index in [9.17, 15) is 4.79 Å². The van der Waals surface area contributed by atoms with E-state index in [1.54, 1.807) is 23.5 Å². The molecular weight excluding hydrogens is 398 g/mol. The standard InChI is InChI=1S/C24H27NO4S/c1-4-27-21-13-19(14-22(28-5-2)23(21)29-6-3)24(26)25-15-17-9-7-8-10-20(17)18-11-12-30-16-18/h7-14,16H,4-6,15H2,1-3H3,(H,25,26). The summed E-state index contributed by atoms with van der Waals surface area (Å²) in [4.78, 5) is 12.9. The summed E-state index contributed by atoms with van der Waals surface area (Å²) in [6.45, 7) is 7.51. The first-order valence-corrected chi connectivity index (χ1v) is 11.1. The number of hydrogen-bond donors (Lipinski definition) is 1. The molecule has 0 saturated heterocycles. The second kappa shape index (κ2) is 10.7. The van der Waals surface area contributed by atoms with Gasteiger partial charge < -0.3 is 19.5 Å². The quantitative estimate of drug-likeness (QED) is 0.463. The van der Waals surface area contributed by atoms with E-state index in [1.807, 2.05) is 39.0 Å². The van der Waals surface area contributed by atoms with Crippen LogP contribution in [0.25, 0.3) is 11.1 Å². The number of amides is 1. The van der Waals surface area contributed by atoms with Crippen LogP contribution in [-0.4, -0.2) is 25.7 Å². The minimum Gasteiger partial charge on any atom is -0.490 e. The van der Waals surface area contributed by atoms with E-state index in [-0.39, 0.29) is 5.91 Å². The Hall–Kier alpha value is -2.99. The summed E-state index contributed by atoms with van der Waals surface area (Å²) in [7, 11) is 0. The van der Waals surface area contributed by atoms with E-state index in [1.165, 1.54) is 0 Å². The van der Waals surface area contributed by atoms with Gasteiger partial charge in [0.05, 0.1) is 19.8 Å². The van der Waals surface area contributed by atoms with Crippen LogP contribution in [0.3, 0.4) is 0 Å². The zero-order chi connectivity index (χ0) is 21.3. The maximum atomic E-state index is 12.9. The molecular formula is C24H27NO4S. The van der Waals surface area contributed by atoms with E-state index >= 15 is 0 Å². The normalized spacial score (nSPS) is 10.5. The van der Waals surface area contributed by atoms with Crippen molar-refractivity contribution in [2.24, 2.45) is 0 Å². The number of carbonyl (C=O) groups excluding carboxylic acids is 1. The van der Waals surface area contributed by atoms with Crippen molar-refractivity contribution < 1.29 is 19.0 Å². The van der Waals surface area contributed by atoms with Crippen molar-refractivity contribution in [3.63, 3.8) is 0 Å². The predicted molar refractivity (Wildman–Crippen MR) is 121 cm³/mol. The molecule has 1 N–H and O–H groups in total. The molecule has 0 aliphatic heterocycles. The Labute approximate surface area is 181 Å². The van der Waals surface area contributed by atoms with Crippen LogP contribution in [0.1, 0.15) is 36.7 Å². The summed E-state index contributed by atoms with van der Waals surface area (Å²) in [6.07, 6.45) is 0. The molecule has 3 rings (SSSR count). The van der Waals surface area contributed by atoms with Crippen LogP contribution in [0.4, 0.5) is 0 Å². The molecule has 0 aliphatic carbocycles. The molecule has 0 atom stereocenters. The minimum atomic E-state index is -0.194. The Bertz CT molecular complexity index is 942. The molecule has 0 aliphatic rings. The lowest BCUT2D eigenvalue weighted by Crippen LogP contribution is -2.23. The van der Waals surface area contributed by atoms with Crippen molar-refractivity contribution in [2.45, 2.75) is 27.3 Å². The fourth-order valence-corrected chi connectivity index (χ4v) is 3.83. The van der Waals surface area contributed by atoms with Gasteiger partial charge >= 0.3 is 0 Å². The number of rotatable bonds is 10. The monoisotopic (exact) mass is 425 g/mol. The molecule has 5 nitrogen and oxygen atoms in total. The molecule has 0 radical (unpaired) electrons. The van der Waals surface area contributed by atoms with Gasteiger partial charge in [-0.1, -0.05) is 24.3 Å². The van der Waals surface area contributed by atoms with Gasteiger partial charge in [0.1, 0.15) is 0 Å². The summed E-state index contributed by atoms with van der Waals surface area (Å²) < 4.78 is 17.1. The molecule has 1 amide bonds. The highest BCUT2D eigenvalue weighted by Crippen LogP contribution is 2.39. The van der Waals surface area contributed by atoms with Gasteiger partial charge in [-0.15, -0.1) is 0 Å². The van der Waals surface area contributed by atoms with Gasteiger partial charge in [0, 0.05) is 12.1 Å². The molecule has 0 unspecified atom stereocenters. The SMILES string of the molecule is CCOc1cc(C(=O)NCc2ccccc2-c2ccsc2)cc(OCC)c1OCC. The third kappa shape index (κ3) is 5.13. The van der Waals surface area contributed by atoms with Crippen LogP contribution in [0.2, 0.25) is 0 Å². The maximum Gasteiger partial charge on any atom is 0.251 e. The third-order valence-corrected chi connectivity index (χ3v) is 5.14. The van der Waals surface area contributed by atoms with Gasteiger partial charge in [-0.05, 0) is 66.4 Å². The number of benzene rings is 2. The Kier molecular flexibility index (Phi) is 7.74. The van der Waals surface area contributed by atoms with Crippen LogP contribution >= 0.6 is 11.3 Å². The number of hydrogen-bond acceptors (Lipinski definition) is 5. The molecule has 30 heavy (non-hydrogen) atoms. The van der Waals surface area contributed by atoms with Gasteiger partial charge in [0.15, 0.2) is 11.5 Å². The summed E-state index contributed by atoms with van der Waals surface area (Å²) in [5.41, 5.74) is 3.81. The average Bonchev–Trinajstić information content (AvgIpc) is 3.29. The molecule has 6 heteroatoms. The van der Waals surface area contributed by atoms with E-state index in [4.69, 9.17) is 14.2 Å². The highest BCUT2D eigenvalue weighted by Gasteiger charge is 2.18. The average molecular weight is 426 g/mol. The van der Waals surface area contributed by atoms with Crippen LogP contribution in [0, 0.1) is 0 Å². The molecule has 0 spiro atoms. The Morgan fingerprint density at radius 1 is 0.933 bits per heavy atom. The van der Waals surface area contributed by atoms with E-state index in [2.05, 4.69) is 28.2 Å². The van der Waals surface area contributed by atoms with Gasteiger partial charge in [-0.2, -0.15) is 11.3 Å². The van der Waals surface area contributed by atoms with Gasteiger partial charge in [-0.25, -0.2) is 0 Å². The number of ether oxygens (including phenoxy) is 3. The van der Waals surface area contributed by atoms with Crippen LogP contribution in [0.15, 0.2) is 53.2 Å². The minimum absolute atomic E-state index is 0.194. The van der Waals surface area contributed by atoms with Gasteiger partial charge in [0.25, 0.3) is 5.91 Å². The molecule has 2 aromatic carbocycles. The zero-order valence-electron chi connectivity index (χ0n) is 17.6. The third-order valence-electron chi connectivity index (χ3n) is 4.46. The van der Waals surface area contributed by atoms with Crippen molar-refractivity contribution in [2.75, 3.05) is 19.8 Å². The summed E-state index contributed by atoms with van der Waals surface area (Å²) in [6, 6.07) is 13.6. The zero-order valence-corrected chi connectivity index (χ0v) is 18.4. The number of nitrogens with one attached hydrogen (secondary N) is 1. The molecule has 3 aromatic rings. The molecule has 158 valence electrons. The molecule has 0 fully saturated rings. The lowest BCUT2D eigenvalue weighted by Gasteiger charge is -2.17. The molecule has 1 heterocycles. The second-order valence-corrected chi connectivity index (χ2v) is 7.23. The van der Waals surface area contributed by atoms with Crippen molar-refractivity contribution in [3.05, 3.63) is 64.4 Å². The first-order chi connectivity index (χ1) is 14.7. The van der Waals surface area contributed by atoms with Crippen molar-refractivity contribution in [3.8, 4) is 28.4 Å². The first kappa shape index (κ1) is 21.7. The lowest BCUT2D eigenvalue weighted by molar-refractivity contribution is 0.0950.